The third-order valence-electron chi connectivity index (χ3n) is 9.87. The Balaban J connectivity index is 4.74. The third kappa shape index (κ3) is 28.1. The fourth-order valence-corrected chi connectivity index (χ4v) is 6.83. The van der Waals surface area contributed by atoms with Gasteiger partial charge in [0.2, 0.25) is 0 Å². The molecule has 2 atom stereocenters. The number of hydrogen-bond donors (Lipinski definition) is 0. The average Bonchev–Trinajstić information content (AvgIpc) is 3.00. The lowest BCUT2D eigenvalue weighted by Crippen LogP contribution is -2.16. The second-order valence-electron chi connectivity index (χ2n) is 13.7. The van der Waals surface area contributed by atoms with E-state index in [4.69, 9.17) is 0 Å². The largest absolute Gasteiger partial charge is 0.300 e. The summed E-state index contributed by atoms with van der Waals surface area (Å²) in [6.45, 7) is 8.62. The summed E-state index contributed by atoms with van der Waals surface area (Å²) in [6.07, 6.45) is 41.5. The minimum Gasteiger partial charge on any atom is -0.300 e. The molecule has 42 heavy (non-hydrogen) atoms. The van der Waals surface area contributed by atoms with Crippen LogP contribution >= 0.6 is 0 Å². The standard InChI is InChI=1S/C40H78O2/c1-5-9-11-13-19-25-31-37(33-27-21-15-17-23-29-35-39(41)7-3)38(32-26-20-14-12-10-6-2)34-28-22-16-18-24-30-36-40(42)8-4/h37-38H,5-36H2,1-4H3. The quantitative estimate of drug-likeness (QED) is 0.0688. The van der Waals surface area contributed by atoms with E-state index in [9.17, 15) is 9.59 Å². The summed E-state index contributed by atoms with van der Waals surface area (Å²) in [6, 6.07) is 0. The van der Waals surface area contributed by atoms with Crippen molar-refractivity contribution in [2.45, 2.75) is 233 Å². The SMILES string of the molecule is CCCCCCCCC(CCCCCCCCC(=O)CC)C(CCCCCCCC)CCCCCCCCC(=O)CC. The van der Waals surface area contributed by atoms with Gasteiger partial charge in [-0.1, -0.05) is 195 Å². The Morgan fingerprint density at radius 2 is 0.571 bits per heavy atom. The number of ketones is 2. The molecule has 0 saturated heterocycles. The molecule has 0 aromatic heterocycles. The Morgan fingerprint density at radius 1 is 0.333 bits per heavy atom. The molecule has 0 heterocycles. The molecule has 0 radical (unpaired) electrons. The number of rotatable bonds is 35. The van der Waals surface area contributed by atoms with Gasteiger partial charge >= 0.3 is 0 Å². The summed E-state index contributed by atoms with van der Waals surface area (Å²) in [4.78, 5) is 23.1. The molecule has 0 saturated carbocycles. The van der Waals surface area contributed by atoms with Gasteiger partial charge in [-0.15, -0.1) is 0 Å². The lowest BCUT2D eigenvalue weighted by molar-refractivity contribution is -0.119. The molecule has 0 spiro atoms. The molecule has 0 N–H and O–H groups in total. The molecule has 2 unspecified atom stereocenters. The fraction of sp³-hybridized carbons (Fsp3) is 0.950. The van der Waals surface area contributed by atoms with Crippen LogP contribution in [0.3, 0.4) is 0 Å². The van der Waals surface area contributed by atoms with Gasteiger partial charge in [-0.25, -0.2) is 0 Å². The van der Waals surface area contributed by atoms with E-state index in [2.05, 4.69) is 13.8 Å². The Labute approximate surface area is 265 Å². The lowest BCUT2D eigenvalue weighted by Gasteiger charge is -2.28. The van der Waals surface area contributed by atoms with Crippen LogP contribution in [-0.2, 0) is 9.59 Å². The van der Waals surface area contributed by atoms with Crippen molar-refractivity contribution in [2.24, 2.45) is 11.8 Å². The van der Waals surface area contributed by atoms with E-state index >= 15 is 0 Å². The fourth-order valence-electron chi connectivity index (χ4n) is 6.83. The maximum atomic E-state index is 11.6. The minimum absolute atomic E-state index is 0.437. The van der Waals surface area contributed by atoms with Crippen LogP contribution in [0.25, 0.3) is 0 Å². The van der Waals surface area contributed by atoms with Crippen molar-refractivity contribution in [3.8, 4) is 0 Å². The van der Waals surface area contributed by atoms with Gasteiger partial charge in [0.05, 0.1) is 0 Å². The second kappa shape index (κ2) is 33.2. The highest BCUT2D eigenvalue weighted by molar-refractivity contribution is 5.78. The van der Waals surface area contributed by atoms with E-state index in [0.29, 0.717) is 24.4 Å². The van der Waals surface area contributed by atoms with E-state index in [0.717, 1.165) is 37.5 Å². The van der Waals surface area contributed by atoms with Gasteiger partial charge in [0, 0.05) is 25.7 Å². The average molecular weight is 591 g/mol. The smallest absolute Gasteiger partial charge is 0.132 e. The zero-order valence-electron chi connectivity index (χ0n) is 29.6. The number of carbonyl (C=O) groups is 2. The zero-order valence-corrected chi connectivity index (χ0v) is 29.6. The Kier molecular flexibility index (Phi) is 32.7. The van der Waals surface area contributed by atoms with E-state index in [1.807, 2.05) is 13.8 Å². The van der Waals surface area contributed by atoms with Crippen LogP contribution in [0.5, 0.6) is 0 Å². The summed E-state index contributed by atoms with van der Waals surface area (Å²) >= 11 is 0. The first kappa shape index (κ1) is 41.3. The maximum Gasteiger partial charge on any atom is 0.132 e. The number of unbranched alkanes of at least 4 members (excludes halogenated alkanes) is 20. The molecule has 0 amide bonds. The highest BCUT2D eigenvalue weighted by Crippen LogP contribution is 2.33. The van der Waals surface area contributed by atoms with Gasteiger partial charge in [0.15, 0.2) is 0 Å². The Bertz CT molecular complexity index is 518. The predicted molar refractivity (Wildman–Crippen MR) is 187 cm³/mol. The van der Waals surface area contributed by atoms with Crippen molar-refractivity contribution in [1.29, 1.82) is 0 Å². The topological polar surface area (TPSA) is 34.1 Å². The first-order valence-corrected chi connectivity index (χ1v) is 19.6. The van der Waals surface area contributed by atoms with Crippen LogP contribution in [0, 0.1) is 11.8 Å². The van der Waals surface area contributed by atoms with Gasteiger partial charge in [0.1, 0.15) is 11.6 Å². The van der Waals surface area contributed by atoms with Crippen LogP contribution in [0.15, 0.2) is 0 Å². The normalized spacial score (nSPS) is 13.0. The molecule has 2 heteroatoms. The van der Waals surface area contributed by atoms with Gasteiger partial charge in [-0.2, -0.15) is 0 Å². The summed E-state index contributed by atoms with van der Waals surface area (Å²) < 4.78 is 0. The number of Topliss-reactive ketones (excluding diaryl/α,β-unsaturated/α-hetero) is 2. The molecule has 2 nitrogen and oxygen atoms in total. The molecule has 0 aromatic rings. The summed E-state index contributed by atoms with van der Waals surface area (Å²) in [7, 11) is 0. The van der Waals surface area contributed by atoms with E-state index in [1.165, 1.54) is 167 Å². The Morgan fingerprint density at radius 3 is 0.833 bits per heavy atom. The minimum atomic E-state index is 0.437. The Hall–Kier alpha value is -0.660. The first-order valence-electron chi connectivity index (χ1n) is 19.6. The van der Waals surface area contributed by atoms with Crippen molar-refractivity contribution < 1.29 is 9.59 Å². The molecular weight excluding hydrogens is 512 g/mol. The van der Waals surface area contributed by atoms with Crippen molar-refractivity contribution in [2.75, 3.05) is 0 Å². The molecule has 0 aromatic carbocycles. The summed E-state index contributed by atoms with van der Waals surface area (Å²) in [5.74, 6) is 2.75. The first-order chi connectivity index (χ1) is 20.6. The van der Waals surface area contributed by atoms with Gasteiger partial charge in [-0.05, 0) is 24.7 Å². The molecule has 0 aliphatic carbocycles. The van der Waals surface area contributed by atoms with Gasteiger partial charge in [-0.3, -0.25) is 9.59 Å². The molecule has 0 bridgehead atoms. The summed E-state index contributed by atoms with van der Waals surface area (Å²) in [5, 5.41) is 0. The van der Waals surface area contributed by atoms with Crippen LogP contribution in [-0.4, -0.2) is 11.6 Å². The third-order valence-corrected chi connectivity index (χ3v) is 9.87. The predicted octanol–water partition coefficient (Wildman–Crippen LogP) is 13.9. The van der Waals surface area contributed by atoms with Crippen molar-refractivity contribution in [1.82, 2.24) is 0 Å². The van der Waals surface area contributed by atoms with Gasteiger partial charge < -0.3 is 0 Å². The van der Waals surface area contributed by atoms with Crippen molar-refractivity contribution in [3.63, 3.8) is 0 Å². The van der Waals surface area contributed by atoms with E-state index < -0.39 is 0 Å². The molecule has 0 rings (SSSR count). The van der Waals surface area contributed by atoms with Gasteiger partial charge in [0.25, 0.3) is 0 Å². The maximum absolute atomic E-state index is 11.6. The molecule has 0 aliphatic rings. The second-order valence-corrected chi connectivity index (χ2v) is 13.7. The number of carbonyl (C=O) groups excluding carboxylic acids is 2. The van der Waals surface area contributed by atoms with Crippen LogP contribution in [0.2, 0.25) is 0 Å². The monoisotopic (exact) mass is 591 g/mol. The molecular formula is C40H78O2. The summed E-state index contributed by atoms with van der Waals surface area (Å²) in [5.41, 5.74) is 0. The van der Waals surface area contributed by atoms with Crippen LogP contribution < -0.4 is 0 Å². The highest BCUT2D eigenvalue weighted by atomic mass is 16.1. The van der Waals surface area contributed by atoms with E-state index in [-0.39, 0.29) is 0 Å². The van der Waals surface area contributed by atoms with Crippen molar-refractivity contribution in [3.05, 3.63) is 0 Å². The zero-order chi connectivity index (χ0) is 30.9. The van der Waals surface area contributed by atoms with E-state index in [1.54, 1.807) is 0 Å². The van der Waals surface area contributed by atoms with Crippen molar-refractivity contribution >= 4 is 11.6 Å². The molecule has 0 fully saturated rings. The lowest BCUT2D eigenvalue weighted by atomic mass is 9.78. The molecule has 0 aliphatic heterocycles. The van der Waals surface area contributed by atoms with Crippen LogP contribution in [0.1, 0.15) is 233 Å². The molecule has 250 valence electrons. The highest BCUT2D eigenvalue weighted by Gasteiger charge is 2.20. The number of hydrogen-bond acceptors (Lipinski definition) is 2. The van der Waals surface area contributed by atoms with Crippen LogP contribution in [0.4, 0.5) is 0 Å².